The average Bonchev–Trinajstić information content (AvgIpc) is 2.40. The second-order valence-corrected chi connectivity index (χ2v) is 3.38. The summed E-state index contributed by atoms with van der Waals surface area (Å²) in [5.41, 5.74) is -0.427. The summed E-state index contributed by atoms with van der Waals surface area (Å²) in [6.07, 6.45) is -3.88. The number of ether oxygens (including phenoxy) is 1. The molecular weight excluding hydrogens is 209 g/mol. The van der Waals surface area contributed by atoms with Crippen molar-refractivity contribution in [2.75, 3.05) is 6.61 Å². The van der Waals surface area contributed by atoms with Gasteiger partial charge < -0.3 is 20.1 Å². The molecule has 0 aromatic heterocycles. The van der Waals surface area contributed by atoms with E-state index in [4.69, 9.17) is 9.84 Å². The Morgan fingerprint density at radius 1 is 1.60 bits per heavy atom. The molecule has 0 aliphatic carbocycles. The molecule has 0 radical (unpaired) electrons. The third-order valence-corrected chi connectivity index (χ3v) is 2.45. The predicted octanol–water partition coefficient (Wildman–Crippen LogP) is -1.64. The lowest BCUT2D eigenvalue weighted by molar-refractivity contribution is -0.0286. The number of aliphatic hydroxyl groups excluding tert-OH is 2. The van der Waals surface area contributed by atoms with Crippen LogP contribution >= 0.6 is 0 Å². The number of aliphatic hydroxyl groups is 3. The first-order valence-electron chi connectivity index (χ1n) is 4.37. The zero-order valence-corrected chi connectivity index (χ0v) is 8.02. The van der Waals surface area contributed by atoms with E-state index in [9.17, 15) is 19.0 Å². The number of halogens is 2. The van der Waals surface area contributed by atoms with Gasteiger partial charge in [-0.2, -0.15) is 8.78 Å². The standard InChI is InChI=1S/C8H11BF2O4/c9-7-8(14,2-1-5(10)11)6(13)4(3-12)15-7/h2,4,6-7,12-14H,3,9H2/t4-,6?,7-,8?/m1/s1. The molecule has 2 unspecified atom stereocenters. The summed E-state index contributed by atoms with van der Waals surface area (Å²) in [5.74, 6) is 0. The summed E-state index contributed by atoms with van der Waals surface area (Å²) in [4.78, 5) is 0. The van der Waals surface area contributed by atoms with Crippen molar-refractivity contribution in [2.45, 2.75) is 23.8 Å². The van der Waals surface area contributed by atoms with Crippen LogP contribution in [0.4, 0.5) is 8.78 Å². The van der Waals surface area contributed by atoms with Crippen LogP contribution in [0.5, 0.6) is 0 Å². The van der Waals surface area contributed by atoms with Crippen molar-refractivity contribution >= 4 is 7.85 Å². The van der Waals surface area contributed by atoms with Crippen LogP contribution in [0.3, 0.4) is 0 Å². The van der Waals surface area contributed by atoms with Gasteiger partial charge in [-0.05, 0) is 6.08 Å². The number of hydrogen-bond donors (Lipinski definition) is 3. The molecule has 1 heterocycles. The third-order valence-electron chi connectivity index (χ3n) is 2.45. The smallest absolute Gasteiger partial charge is 0.312 e. The summed E-state index contributed by atoms with van der Waals surface area (Å²) in [6, 6.07) is -0.892. The van der Waals surface area contributed by atoms with E-state index in [0.717, 1.165) is 0 Å². The van der Waals surface area contributed by atoms with Crippen LogP contribution in [-0.4, -0.2) is 53.6 Å². The zero-order valence-electron chi connectivity index (χ0n) is 8.02. The van der Waals surface area contributed by atoms with Crippen molar-refractivity contribution in [2.24, 2.45) is 0 Å². The molecule has 0 spiro atoms. The Hall–Kier alpha value is -0.715. The van der Waals surface area contributed by atoms with Gasteiger partial charge in [-0.25, -0.2) is 0 Å². The third kappa shape index (κ3) is 2.27. The largest absolute Gasteiger partial charge is 0.394 e. The minimum atomic E-state index is -2.10. The van der Waals surface area contributed by atoms with Gasteiger partial charge in [0.2, 0.25) is 0 Å². The summed E-state index contributed by atoms with van der Waals surface area (Å²) in [5, 5.41) is 28.1. The molecule has 84 valence electrons. The van der Waals surface area contributed by atoms with Gasteiger partial charge in [0.05, 0.1) is 12.6 Å². The minimum Gasteiger partial charge on any atom is -0.394 e. The van der Waals surface area contributed by atoms with E-state index in [1.165, 1.54) is 13.6 Å². The van der Waals surface area contributed by atoms with Crippen LogP contribution in [0.25, 0.3) is 0 Å². The van der Waals surface area contributed by atoms with Crippen LogP contribution in [0.2, 0.25) is 0 Å². The van der Waals surface area contributed by atoms with E-state index in [-0.39, 0.29) is 0 Å². The van der Waals surface area contributed by atoms with E-state index in [1.54, 1.807) is 0 Å². The fraction of sp³-hybridized carbons (Fsp3) is 0.625. The Balaban J connectivity index is 2.97. The maximum Gasteiger partial charge on any atom is 0.312 e. The van der Waals surface area contributed by atoms with Crippen molar-refractivity contribution in [3.63, 3.8) is 0 Å². The van der Waals surface area contributed by atoms with Gasteiger partial charge in [-0.15, -0.1) is 0 Å². The van der Waals surface area contributed by atoms with Crippen molar-refractivity contribution in [3.05, 3.63) is 17.9 Å². The molecule has 1 aliphatic heterocycles. The molecule has 1 aliphatic rings. The van der Waals surface area contributed by atoms with E-state index in [1.807, 2.05) is 0 Å². The average molecular weight is 220 g/mol. The molecule has 0 aromatic carbocycles. The second-order valence-electron chi connectivity index (χ2n) is 3.38. The van der Waals surface area contributed by atoms with Crippen molar-refractivity contribution in [1.29, 1.82) is 0 Å². The van der Waals surface area contributed by atoms with Gasteiger partial charge in [0.15, 0.2) is 0 Å². The molecule has 3 N–H and O–H groups in total. The van der Waals surface area contributed by atoms with Gasteiger partial charge in [0.25, 0.3) is 0 Å². The molecular formula is C8H11BF2O4. The number of hydrogen-bond acceptors (Lipinski definition) is 4. The Kier molecular flexibility index (Phi) is 3.65. The summed E-state index contributed by atoms with van der Waals surface area (Å²) in [6.45, 7) is -0.497. The Morgan fingerprint density at radius 2 is 2.20 bits per heavy atom. The van der Waals surface area contributed by atoms with E-state index >= 15 is 0 Å². The molecule has 7 heteroatoms. The Bertz CT molecular complexity index is 301. The normalized spacial score (nSPS) is 39.9. The second kappa shape index (κ2) is 4.43. The van der Waals surface area contributed by atoms with Gasteiger partial charge >= 0.3 is 6.08 Å². The lowest BCUT2D eigenvalue weighted by Crippen LogP contribution is -2.47. The van der Waals surface area contributed by atoms with Crippen LogP contribution in [-0.2, 0) is 4.74 Å². The quantitative estimate of drug-likeness (QED) is 0.385. The van der Waals surface area contributed by atoms with Gasteiger partial charge in [-0.3, -0.25) is 0 Å². The van der Waals surface area contributed by atoms with Crippen molar-refractivity contribution < 1.29 is 28.8 Å². The highest BCUT2D eigenvalue weighted by atomic mass is 19.3. The van der Waals surface area contributed by atoms with E-state index in [0.29, 0.717) is 6.08 Å². The zero-order chi connectivity index (χ0) is 11.6. The molecule has 0 bridgehead atoms. The fourth-order valence-corrected chi connectivity index (χ4v) is 1.50. The Morgan fingerprint density at radius 3 is 2.60 bits per heavy atom. The van der Waals surface area contributed by atoms with E-state index < -0.39 is 36.5 Å². The summed E-state index contributed by atoms with van der Waals surface area (Å²) in [7, 11) is 1.41. The molecule has 1 saturated heterocycles. The van der Waals surface area contributed by atoms with Gasteiger partial charge in [0, 0.05) is 0 Å². The maximum atomic E-state index is 11.8. The fourth-order valence-electron chi connectivity index (χ4n) is 1.50. The van der Waals surface area contributed by atoms with Crippen molar-refractivity contribution in [1.82, 2.24) is 0 Å². The van der Waals surface area contributed by atoms with Crippen molar-refractivity contribution in [3.8, 4) is 0 Å². The molecule has 4 nitrogen and oxygen atoms in total. The van der Waals surface area contributed by atoms with Crippen LogP contribution < -0.4 is 0 Å². The summed E-state index contributed by atoms with van der Waals surface area (Å²) >= 11 is 0. The Labute approximate surface area is 85.9 Å². The molecule has 0 amide bonds. The first kappa shape index (κ1) is 12.4. The maximum absolute atomic E-state index is 11.8. The molecule has 0 saturated carbocycles. The molecule has 4 atom stereocenters. The highest BCUT2D eigenvalue weighted by Crippen LogP contribution is 2.30. The van der Waals surface area contributed by atoms with Gasteiger partial charge in [-0.1, -0.05) is 5.73 Å². The topological polar surface area (TPSA) is 69.9 Å². The van der Waals surface area contributed by atoms with Crippen LogP contribution in [0.15, 0.2) is 17.9 Å². The molecule has 1 fully saturated rings. The summed E-state index contributed by atoms with van der Waals surface area (Å²) < 4.78 is 28.6. The minimum absolute atomic E-state index is 0.497. The monoisotopic (exact) mass is 220 g/mol. The first-order valence-corrected chi connectivity index (χ1v) is 4.37. The lowest BCUT2D eigenvalue weighted by atomic mass is 9.80. The van der Waals surface area contributed by atoms with Crippen LogP contribution in [0, 0.1) is 0 Å². The lowest BCUT2D eigenvalue weighted by Gasteiger charge is -2.24. The SMILES string of the molecule is B[C@@H]1O[C@H](CO)C(O)C1(O)C=C=C(F)F. The molecule has 1 rings (SSSR count). The number of rotatable bonds is 2. The van der Waals surface area contributed by atoms with Crippen LogP contribution in [0.1, 0.15) is 0 Å². The van der Waals surface area contributed by atoms with E-state index in [2.05, 4.69) is 0 Å². The highest BCUT2D eigenvalue weighted by Gasteiger charge is 2.51. The first-order chi connectivity index (χ1) is 6.91. The molecule has 0 aromatic rings. The molecule has 15 heavy (non-hydrogen) atoms. The van der Waals surface area contributed by atoms with Gasteiger partial charge in [0.1, 0.15) is 25.7 Å². The predicted molar refractivity (Wildman–Crippen MR) is 49.1 cm³/mol. The highest BCUT2D eigenvalue weighted by molar-refractivity contribution is 6.12.